The van der Waals surface area contributed by atoms with E-state index in [9.17, 15) is 0 Å². The highest BCUT2D eigenvalue weighted by molar-refractivity contribution is 6.00. The fourth-order valence-corrected chi connectivity index (χ4v) is 5.24. The third-order valence-corrected chi connectivity index (χ3v) is 7.09. The molecule has 5 aromatic rings. The molecule has 0 fully saturated rings. The molecule has 170 valence electrons. The number of aromatic nitrogens is 2. The average molecular weight is 454 g/mol. The van der Waals surface area contributed by atoms with E-state index in [4.69, 9.17) is 0 Å². The first kappa shape index (κ1) is 21.3. The Balaban J connectivity index is 1.34. The molecule has 35 heavy (non-hydrogen) atoms. The molecule has 0 spiro atoms. The van der Waals surface area contributed by atoms with E-state index in [1.165, 1.54) is 16.7 Å². The minimum Gasteiger partial charge on any atom is -0.338 e. The number of rotatable bonds is 4. The van der Waals surface area contributed by atoms with E-state index in [0.717, 1.165) is 40.0 Å². The van der Waals surface area contributed by atoms with E-state index in [1.807, 2.05) is 18.2 Å². The lowest BCUT2D eigenvalue weighted by Gasteiger charge is -2.24. The van der Waals surface area contributed by atoms with Crippen molar-refractivity contribution in [3.63, 3.8) is 0 Å². The molecule has 3 heteroatoms. The lowest BCUT2D eigenvalue weighted by atomic mass is 9.81. The Morgan fingerprint density at radius 2 is 1.46 bits per heavy atom. The van der Waals surface area contributed by atoms with Crippen LogP contribution in [-0.2, 0) is 0 Å². The summed E-state index contributed by atoms with van der Waals surface area (Å²) in [5.74, 6) is 1.68. The molecular formula is C32H27N3. The minimum absolute atomic E-state index is 0.433. The smallest absolute Gasteiger partial charge is 0.161 e. The predicted octanol–water partition coefficient (Wildman–Crippen LogP) is 8.34. The van der Waals surface area contributed by atoms with E-state index < -0.39 is 0 Å². The summed E-state index contributed by atoms with van der Waals surface area (Å²) in [6, 6.07) is 36.1. The van der Waals surface area contributed by atoms with Gasteiger partial charge in [-0.05, 0) is 47.1 Å². The van der Waals surface area contributed by atoms with Crippen LogP contribution in [0, 0.1) is 0 Å². The Hall–Kier alpha value is -4.24. The van der Waals surface area contributed by atoms with Crippen molar-refractivity contribution in [1.29, 1.82) is 0 Å². The zero-order chi connectivity index (χ0) is 23.6. The molecule has 1 N–H and O–H groups in total. The van der Waals surface area contributed by atoms with E-state index in [-0.39, 0.29) is 0 Å². The SMILES string of the molecule is CC1c2ccc(Nc3nnc(-c4ccccc4)c4ccccc34)cc2C=CCC1c1ccccc1. The second-order valence-electron chi connectivity index (χ2n) is 9.22. The molecule has 3 nitrogen and oxygen atoms in total. The molecule has 2 unspecified atom stereocenters. The Morgan fingerprint density at radius 1 is 0.743 bits per heavy atom. The van der Waals surface area contributed by atoms with Crippen molar-refractivity contribution in [3.8, 4) is 11.3 Å². The van der Waals surface area contributed by atoms with Gasteiger partial charge in [0.15, 0.2) is 5.82 Å². The van der Waals surface area contributed by atoms with Gasteiger partial charge in [-0.3, -0.25) is 0 Å². The van der Waals surface area contributed by atoms with Gasteiger partial charge in [0.2, 0.25) is 0 Å². The zero-order valence-corrected chi connectivity index (χ0v) is 19.7. The second-order valence-corrected chi connectivity index (χ2v) is 9.22. The first-order chi connectivity index (χ1) is 17.3. The number of allylic oxidation sites excluding steroid dienone is 1. The first-order valence-electron chi connectivity index (χ1n) is 12.2. The van der Waals surface area contributed by atoms with Crippen molar-refractivity contribution in [2.24, 2.45) is 0 Å². The van der Waals surface area contributed by atoms with E-state index >= 15 is 0 Å². The maximum absolute atomic E-state index is 4.60. The first-order valence-corrected chi connectivity index (χ1v) is 12.2. The topological polar surface area (TPSA) is 37.8 Å². The second kappa shape index (κ2) is 9.19. The molecule has 0 bridgehead atoms. The number of anilines is 2. The summed E-state index contributed by atoms with van der Waals surface area (Å²) in [5.41, 5.74) is 7.04. The number of hydrogen-bond acceptors (Lipinski definition) is 3. The Bertz CT molecular complexity index is 1510. The predicted molar refractivity (Wildman–Crippen MR) is 146 cm³/mol. The van der Waals surface area contributed by atoms with Crippen molar-refractivity contribution in [2.45, 2.75) is 25.2 Å². The molecule has 1 aliphatic carbocycles. The van der Waals surface area contributed by atoms with Crippen LogP contribution in [-0.4, -0.2) is 10.2 Å². The van der Waals surface area contributed by atoms with Crippen molar-refractivity contribution < 1.29 is 0 Å². The summed E-state index contributed by atoms with van der Waals surface area (Å²) in [4.78, 5) is 0. The van der Waals surface area contributed by atoms with Gasteiger partial charge in [0, 0.05) is 22.0 Å². The molecule has 1 aromatic heterocycles. The van der Waals surface area contributed by atoms with Gasteiger partial charge in [-0.15, -0.1) is 10.2 Å². The van der Waals surface area contributed by atoms with Crippen LogP contribution < -0.4 is 5.32 Å². The lowest BCUT2D eigenvalue weighted by molar-refractivity contribution is 0.586. The van der Waals surface area contributed by atoms with E-state index in [2.05, 4.69) is 120 Å². The van der Waals surface area contributed by atoms with Gasteiger partial charge in [-0.2, -0.15) is 0 Å². The highest BCUT2D eigenvalue weighted by Crippen LogP contribution is 2.41. The van der Waals surface area contributed by atoms with Crippen LogP contribution in [0.5, 0.6) is 0 Å². The van der Waals surface area contributed by atoms with Crippen LogP contribution in [0.4, 0.5) is 11.5 Å². The molecule has 1 aliphatic rings. The van der Waals surface area contributed by atoms with Gasteiger partial charge in [-0.25, -0.2) is 0 Å². The summed E-state index contributed by atoms with van der Waals surface area (Å²) in [6.07, 6.45) is 5.62. The lowest BCUT2D eigenvalue weighted by Crippen LogP contribution is -2.08. The maximum Gasteiger partial charge on any atom is 0.161 e. The summed E-state index contributed by atoms with van der Waals surface area (Å²) in [6.45, 7) is 2.35. The largest absolute Gasteiger partial charge is 0.338 e. The maximum atomic E-state index is 4.60. The van der Waals surface area contributed by atoms with Crippen LogP contribution in [0.2, 0.25) is 0 Å². The van der Waals surface area contributed by atoms with Crippen LogP contribution in [0.15, 0.2) is 109 Å². The normalized spacial score (nSPS) is 17.1. The van der Waals surface area contributed by atoms with E-state index in [1.54, 1.807) is 0 Å². The fourth-order valence-electron chi connectivity index (χ4n) is 5.24. The molecule has 0 radical (unpaired) electrons. The van der Waals surface area contributed by atoms with Gasteiger partial charge in [0.25, 0.3) is 0 Å². The number of fused-ring (bicyclic) bond motifs is 2. The fraction of sp³-hybridized carbons (Fsp3) is 0.125. The van der Waals surface area contributed by atoms with Crippen LogP contribution in [0.3, 0.4) is 0 Å². The molecule has 0 saturated heterocycles. The van der Waals surface area contributed by atoms with Gasteiger partial charge < -0.3 is 5.32 Å². The van der Waals surface area contributed by atoms with Crippen molar-refractivity contribution >= 4 is 28.4 Å². The summed E-state index contributed by atoms with van der Waals surface area (Å²) < 4.78 is 0. The number of benzene rings is 4. The van der Waals surface area contributed by atoms with E-state index in [0.29, 0.717) is 11.8 Å². The van der Waals surface area contributed by atoms with Crippen LogP contribution >= 0.6 is 0 Å². The summed E-state index contributed by atoms with van der Waals surface area (Å²) in [5, 5.41) is 14.9. The van der Waals surface area contributed by atoms with Gasteiger partial charge in [0.1, 0.15) is 5.69 Å². The van der Waals surface area contributed by atoms with Crippen LogP contribution in [0.25, 0.3) is 28.1 Å². The number of hydrogen-bond donors (Lipinski definition) is 1. The van der Waals surface area contributed by atoms with Crippen molar-refractivity contribution in [2.75, 3.05) is 5.32 Å². The Kier molecular flexibility index (Phi) is 5.59. The van der Waals surface area contributed by atoms with Crippen molar-refractivity contribution in [3.05, 3.63) is 126 Å². The molecule has 0 amide bonds. The number of nitrogens with one attached hydrogen (secondary N) is 1. The average Bonchev–Trinajstić information content (AvgIpc) is 3.08. The summed E-state index contributed by atoms with van der Waals surface area (Å²) in [7, 11) is 0. The third-order valence-electron chi connectivity index (χ3n) is 7.09. The van der Waals surface area contributed by atoms with Crippen molar-refractivity contribution in [1.82, 2.24) is 10.2 Å². The molecule has 2 atom stereocenters. The molecular weight excluding hydrogens is 426 g/mol. The molecule has 0 saturated carbocycles. The van der Waals surface area contributed by atoms with Gasteiger partial charge >= 0.3 is 0 Å². The Morgan fingerprint density at radius 3 is 2.26 bits per heavy atom. The molecule has 0 aliphatic heterocycles. The minimum atomic E-state index is 0.433. The summed E-state index contributed by atoms with van der Waals surface area (Å²) >= 11 is 0. The molecule has 4 aromatic carbocycles. The highest BCUT2D eigenvalue weighted by Gasteiger charge is 2.24. The van der Waals surface area contributed by atoms with Crippen LogP contribution in [0.1, 0.15) is 41.9 Å². The third kappa shape index (κ3) is 4.10. The monoisotopic (exact) mass is 453 g/mol. The standard InChI is InChI=1S/C32H27N3/c1-22-27(23-11-4-2-5-12-23)18-10-15-25-21-26(19-20-28(22)25)33-32-30-17-9-8-16-29(30)31(34-35-32)24-13-6-3-7-14-24/h2-17,19-22,27H,18H2,1H3,(H,33,35). The highest BCUT2D eigenvalue weighted by atomic mass is 15.2. The quantitative estimate of drug-likeness (QED) is 0.297. The zero-order valence-electron chi connectivity index (χ0n) is 19.7. The number of nitrogens with zero attached hydrogens (tertiary/aromatic N) is 2. The molecule has 1 heterocycles. The Labute approximate surface area is 206 Å². The molecule has 6 rings (SSSR count). The van der Waals surface area contributed by atoms with Gasteiger partial charge in [0.05, 0.1) is 0 Å². The van der Waals surface area contributed by atoms with Gasteiger partial charge in [-0.1, -0.05) is 110 Å².